The summed E-state index contributed by atoms with van der Waals surface area (Å²) in [7, 11) is -9.91. The van der Waals surface area contributed by atoms with Crippen molar-refractivity contribution >= 4 is 39.5 Å². The summed E-state index contributed by atoms with van der Waals surface area (Å²) in [5.41, 5.74) is 0. The first-order valence-corrected chi connectivity index (χ1v) is 41.9. The lowest BCUT2D eigenvalue weighted by molar-refractivity contribution is -0.161. The fourth-order valence-electron chi connectivity index (χ4n) is 11.4. The van der Waals surface area contributed by atoms with Gasteiger partial charge in [0.1, 0.15) is 19.3 Å². The average molecular weight is 1380 g/mol. The molecule has 0 saturated carbocycles. The van der Waals surface area contributed by atoms with Gasteiger partial charge in [-0.3, -0.25) is 37.3 Å². The van der Waals surface area contributed by atoms with E-state index in [1.54, 1.807) is 0 Å². The number of hydrogen-bond donors (Lipinski definition) is 3. The molecule has 3 N–H and O–H groups in total. The van der Waals surface area contributed by atoms with E-state index in [2.05, 4.69) is 48.5 Å². The van der Waals surface area contributed by atoms with Crippen LogP contribution in [-0.2, 0) is 65.4 Å². The molecule has 0 spiro atoms. The summed E-state index contributed by atoms with van der Waals surface area (Å²) >= 11 is 0. The second-order valence-electron chi connectivity index (χ2n) is 28.0. The van der Waals surface area contributed by atoms with Crippen molar-refractivity contribution < 1.29 is 80.2 Å². The first kappa shape index (κ1) is 92.1. The average Bonchev–Trinajstić information content (AvgIpc) is 2.24. The maximum atomic E-state index is 13.1. The van der Waals surface area contributed by atoms with Gasteiger partial charge in [-0.1, -0.05) is 331 Å². The maximum absolute atomic E-state index is 13.1. The number of esters is 4. The van der Waals surface area contributed by atoms with Crippen LogP contribution in [0.15, 0.2) is 0 Å². The van der Waals surface area contributed by atoms with Crippen LogP contribution in [0.1, 0.15) is 382 Å². The van der Waals surface area contributed by atoms with Crippen LogP contribution in [0.25, 0.3) is 0 Å². The SMILES string of the molecule is CCCCCCCCCCCCCCCCCCCC(=O)OC[C@H](COP(=O)(O)OC[C@@H](O)COP(=O)(O)OC[C@@H](COC(=O)CCCCCCCCC(C)CC)OC(=O)CCCCCCCCC(C)CC)OC(=O)CCCCCCCCCCCCCCCCC(C)C. The van der Waals surface area contributed by atoms with Crippen LogP contribution >= 0.6 is 15.6 Å². The van der Waals surface area contributed by atoms with Crippen LogP contribution in [0.3, 0.4) is 0 Å². The molecule has 0 aliphatic carbocycles. The molecule has 0 radical (unpaired) electrons. The highest BCUT2D eigenvalue weighted by Gasteiger charge is 2.30. The van der Waals surface area contributed by atoms with Crippen LogP contribution in [0.2, 0.25) is 0 Å². The first-order valence-electron chi connectivity index (χ1n) is 38.9. The van der Waals surface area contributed by atoms with E-state index in [9.17, 15) is 43.2 Å². The lowest BCUT2D eigenvalue weighted by atomic mass is 10.00. The highest BCUT2D eigenvalue weighted by molar-refractivity contribution is 7.47. The van der Waals surface area contributed by atoms with Gasteiger partial charge in [0, 0.05) is 25.7 Å². The molecule has 4 unspecified atom stereocenters. The third-order valence-corrected chi connectivity index (χ3v) is 20.0. The molecule has 19 heteroatoms. The normalized spacial score (nSPS) is 14.7. The fourth-order valence-corrected chi connectivity index (χ4v) is 12.9. The third kappa shape index (κ3) is 66.0. The predicted octanol–water partition coefficient (Wildman–Crippen LogP) is 21.8. The van der Waals surface area contributed by atoms with Gasteiger partial charge in [0.25, 0.3) is 0 Å². The van der Waals surface area contributed by atoms with Crippen molar-refractivity contribution in [3.63, 3.8) is 0 Å². The van der Waals surface area contributed by atoms with Crippen LogP contribution in [0.4, 0.5) is 0 Å². The topological polar surface area (TPSA) is 237 Å². The summed E-state index contributed by atoms with van der Waals surface area (Å²) in [5, 5.41) is 10.6. The smallest absolute Gasteiger partial charge is 0.462 e. The van der Waals surface area contributed by atoms with Gasteiger partial charge in [0.05, 0.1) is 26.4 Å². The summed E-state index contributed by atoms with van der Waals surface area (Å²) in [5.74, 6) is 0.123. The van der Waals surface area contributed by atoms with Gasteiger partial charge in [-0.2, -0.15) is 0 Å². The molecule has 7 atom stereocenters. The Balaban J connectivity index is 5.23. The molecule has 0 aromatic carbocycles. The number of phosphoric ester groups is 2. The van der Waals surface area contributed by atoms with Crippen LogP contribution in [0.5, 0.6) is 0 Å². The number of carbonyl (C=O) groups excluding carboxylic acids is 4. The Morgan fingerprint density at radius 3 is 0.809 bits per heavy atom. The van der Waals surface area contributed by atoms with Crippen molar-refractivity contribution in [2.24, 2.45) is 17.8 Å². The highest BCUT2D eigenvalue weighted by atomic mass is 31.2. The second kappa shape index (κ2) is 65.7. The number of aliphatic hydroxyl groups is 1. The van der Waals surface area contributed by atoms with E-state index in [0.29, 0.717) is 25.7 Å². The second-order valence-corrected chi connectivity index (χ2v) is 30.9. The van der Waals surface area contributed by atoms with E-state index < -0.39 is 97.5 Å². The molecule has 0 rings (SSSR count). The summed E-state index contributed by atoms with van der Waals surface area (Å²) in [6, 6.07) is 0. The van der Waals surface area contributed by atoms with Gasteiger partial charge in [-0.25, -0.2) is 9.13 Å². The van der Waals surface area contributed by atoms with E-state index >= 15 is 0 Å². The summed E-state index contributed by atoms with van der Waals surface area (Å²) in [6.45, 7) is 11.8. The Kier molecular flexibility index (Phi) is 64.3. The van der Waals surface area contributed by atoms with E-state index in [0.717, 1.165) is 114 Å². The molecule has 558 valence electrons. The minimum atomic E-state index is -4.96. The molecule has 0 aliphatic heterocycles. The number of hydrogen-bond acceptors (Lipinski definition) is 15. The Morgan fingerprint density at radius 1 is 0.309 bits per heavy atom. The zero-order valence-electron chi connectivity index (χ0n) is 61.4. The Labute approximate surface area is 575 Å². The van der Waals surface area contributed by atoms with E-state index in [1.165, 1.54) is 186 Å². The number of carbonyl (C=O) groups is 4. The molecule has 0 aromatic heterocycles. The Morgan fingerprint density at radius 2 is 0.543 bits per heavy atom. The molecule has 0 fully saturated rings. The maximum Gasteiger partial charge on any atom is 0.472 e. The standard InChI is InChI=1S/C75H146O17P2/c1-8-11-12-13-14-15-16-17-18-19-20-24-27-30-33-42-49-56-72(77)85-62-70(91-74(79)58-51-44-34-31-28-25-22-21-23-26-29-32-39-46-53-66(4)5)64-89-93(81,82)87-60-69(76)61-88-94(83,84)90-65-71(92-75(80)59-52-45-38-36-41-48-55-68(7)10-3)63-86-73(78)57-50-43-37-35-40-47-54-67(6)9-2/h66-71,76H,8-65H2,1-7H3,(H,81,82)(H,83,84)/t67?,68?,69-,70-,71-/m1/s1. The molecule has 94 heavy (non-hydrogen) atoms. The third-order valence-electron chi connectivity index (χ3n) is 18.1. The minimum Gasteiger partial charge on any atom is -0.462 e. The summed E-state index contributed by atoms with van der Waals surface area (Å²) in [6.07, 6.45) is 51.5. The first-order chi connectivity index (χ1) is 45.3. The molecule has 0 aliphatic rings. The molecular formula is C75H146O17P2. The van der Waals surface area contributed by atoms with Crippen molar-refractivity contribution in [3.8, 4) is 0 Å². The van der Waals surface area contributed by atoms with Crippen LogP contribution in [-0.4, -0.2) is 96.7 Å². The molecule has 0 saturated heterocycles. The number of rotatable bonds is 73. The predicted molar refractivity (Wildman–Crippen MR) is 381 cm³/mol. The lowest BCUT2D eigenvalue weighted by Gasteiger charge is -2.21. The van der Waals surface area contributed by atoms with Crippen molar-refractivity contribution in [3.05, 3.63) is 0 Å². The van der Waals surface area contributed by atoms with Gasteiger partial charge in [-0.15, -0.1) is 0 Å². The van der Waals surface area contributed by atoms with Gasteiger partial charge in [0.2, 0.25) is 0 Å². The highest BCUT2D eigenvalue weighted by Crippen LogP contribution is 2.45. The number of ether oxygens (including phenoxy) is 4. The Bertz CT molecular complexity index is 1840. The quantitative estimate of drug-likeness (QED) is 0.0222. The fraction of sp³-hybridized carbons (Fsp3) is 0.947. The zero-order valence-corrected chi connectivity index (χ0v) is 63.2. The van der Waals surface area contributed by atoms with E-state index in [1.807, 2.05) is 0 Å². The largest absolute Gasteiger partial charge is 0.472 e. The van der Waals surface area contributed by atoms with Gasteiger partial charge in [0.15, 0.2) is 12.2 Å². The summed E-state index contributed by atoms with van der Waals surface area (Å²) < 4.78 is 68.4. The van der Waals surface area contributed by atoms with Crippen molar-refractivity contribution in [2.75, 3.05) is 39.6 Å². The van der Waals surface area contributed by atoms with Gasteiger partial charge < -0.3 is 33.8 Å². The monoisotopic (exact) mass is 1380 g/mol. The van der Waals surface area contributed by atoms with Crippen molar-refractivity contribution in [1.29, 1.82) is 0 Å². The van der Waals surface area contributed by atoms with Gasteiger partial charge in [-0.05, 0) is 43.4 Å². The van der Waals surface area contributed by atoms with Crippen LogP contribution < -0.4 is 0 Å². The lowest BCUT2D eigenvalue weighted by Crippen LogP contribution is -2.30. The van der Waals surface area contributed by atoms with Crippen molar-refractivity contribution in [2.45, 2.75) is 401 Å². The van der Waals surface area contributed by atoms with Gasteiger partial charge >= 0.3 is 39.5 Å². The molecular weight excluding hydrogens is 1230 g/mol. The van der Waals surface area contributed by atoms with Crippen LogP contribution in [0, 0.1) is 17.8 Å². The zero-order chi connectivity index (χ0) is 69.4. The van der Waals surface area contributed by atoms with Crippen molar-refractivity contribution in [1.82, 2.24) is 0 Å². The number of phosphoric acid groups is 2. The molecule has 0 heterocycles. The van der Waals surface area contributed by atoms with E-state index in [4.69, 9.17) is 37.0 Å². The molecule has 17 nitrogen and oxygen atoms in total. The number of aliphatic hydroxyl groups excluding tert-OH is 1. The molecule has 0 bridgehead atoms. The summed E-state index contributed by atoms with van der Waals surface area (Å²) in [4.78, 5) is 72.7. The molecule has 0 amide bonds. The van der Waals surface area contributed by atoms with E-state index in [-0.39, 0.29) is 25.7 Å². The molecule has 0 aromatic rings. The minimum absolute atomic E-state index is 0.102. The Hall–Kier alpha value is -1.94. The number of unbranched alkanes of at least 4 members (excludes halogenated alkanes) is 39.